The van der Waals surface area contributed by atoms with E-state index in [-0.39, 0.29) is 0 Å². The fraction of sp³-hybridized carbons (Fsp3) is 0.0556. The number of benzene rings is 1. The molecule has 0 amide bonds. The minimum Gasteiger partial charge on any atom is -0.338 e. The Morgan fingerprint density at radius 2 is 1.81 bits per heavy atom. The molecule has 1 aromatic carbocycles. The highest BCUT2D eigenvalue weighted by Crippen LogP contribution is 2.29. The molecule has 2 N–H and O–H groups in total. The number of nitrogens with zero attached hydrogens (tertiary/aromatic N) is 3. The molecule has 3 heterocycles. The molecule has 0 unspecified atom stereocenters. The zero-order valence-corrected chi connectivity index (χ0v) is 14.5. The number of aromatic nitrogens is 3. The molecule has 0 aliphatic carbocycles. The molecular formula is C18H13N5O2S. The molecule has 0 fully saturated rings. The van der Waals surface area contributed by atoms with E-state index in [0.29, 0.717) is 11.4 Å². The third kappa shape index (κ3) is 2.96. The van der Waals surface area contributed by atoms with Crippen LogP contribution in [0.1, 0.15) is 5.69 Å². The van der Waals surface area contributed by atoms with Crippen LogP contribution < -0.4 is 4.72 Å². The maximum absolute atomic E-state index is 11.3. The van der Waals surface area contributed by atoms with Crippen LogP contribution in [0.25, 0.3) is 33.1 Å². The molecule has 4 rings (SSSR count). The molecule has 8 heteroatoms. The van der Waals surface area contributed by atoms with Gasteiger partial charge in [-0.2, -0.15) is 5.26 Å². The number of sulfonamides is 1. The zero-order chi connectivity index (χ0) is 18.3. The third-order valence-electron chi connectivity index (χ3n) is 3.97. The maximum atomic E-state index is 11.3. The highest BCUT2D eigenvalue weighted by Gasteiger charge is 2.09. The Hall–Kier alpha value is -3.44. The second-order valence-corrected chi connectivity index (χ2v) is 7.67. The number of hydrogen-bond acceptors (Lipinski definition) is 5. The molecule has 128 valence electrons. The fourth-order valence-electron chi connectivity index (χ4n) is 2.84. The summed E-state index contributed by atoms with van der Waals surface area (Å²) in [6.45, 7) is 0. The second-order valence-electron chi connectivity index (χ2n) is 5.92. The first-order valence-electron chi connectivity index (χ1n) is 7.69. The van der Waals surface area contributed by atoms with Gasteiger partial charge in [-0.1, -0.05) is 12.1 Å². The Kier molecular flexibility index (Phi) is 3.60. The third-order valence-corrected chi connectivity index (χ3v) is 4.58. The van der Waals surface area contributed by atoms with Gasteiger partial charge in [0.1, 0.15) is 17.4 Å². The summed E-state index contributed by atoms with van der Waals surface area (Å²) in [5.74, 6) is 0. The van der Waals surface area contributed by atoms with Crippen LogP contribution in [0.2, 0.25) is 0 Å². The van der Waals surface area contributed by atoms with Crippen LogP contribution in [0.5, 0.6) is 0 Å². The van der Waals surface area contributed by atoms with Crippen LogP contribution >= 0.6 is 0 Å². The molecular weight excluding hydrogens is 350 g/mol. The van der Waals surface area contributed by atoms with Gasteiger partial charge in [-0.05, 0) is 29.8 Å². The van der Waals surface area contributed by atoms with E-state index in [2.05, 4.69) is 19.7 Å². The summed E-state index contributed by atoms with van der Waals surface area (Å²) < 4.78 is 25.0. The first kappa shape index (κ1) is 16.1. The van der Waals surface area contributed by atoms with Gasteiger partial charge in [-0.25, -0.2) is 18.4 Å². The van der Waals surface area contributed by atoms with Crippen molar-refractivity contribution in [1.82, 2.24) is 15.0 Å². The van der Waals surface area contributed by atoms with Crippen molar-refractivity contribution in [3.8, 4) is 17.2 Å². The van der Waals surface area contributed by atoms with E-state index in [1.807, 2.05) is 24.3 Å². The Bertz CT molecular complexity index is 1290. The number of nitrogens with one attached hydrogen (secondary N) is 2. The Morgan fingerprint density at radius 3 is 2.50 bits per heavy atom. The summed E-state index contributed by atoms with van der Waals surface area (Å²) in [6, 6.07) is 12.8. The van der Waals surface area contributed by atoms with E-state index in [1.165, 1.54) is 0 Å². The topological polar surface area (TPSA) is 112 Å². The van der Waals surface area contributed by atoms with E-state index in [1.54, 1.807) is 30.6 Å². The molecule has 4 aromatic rings. The van der Waals surface area contributed by atoms with Gasteiger partial charge in [-0.3, -0.25) is 4.72 Å². The van der Waals surface area contributed by atoms with E-state index in [0.717, 1.165) is 39.3 Å². The Morgan fingerprint density at radius 1 is 1.04 bits per heavy atom. The number of pyridine rings is 2. The van der Waals surface area contributed by atoms with Crippen molar-refractivity contribution in [2.75, 3.05) is 11.0 Å². The van der Waals surface area contributed by atoms with Gasteiger partial charge in [0.05, 0.1) is 18.0 Å². The quantitative estimate of drug-likeness (QED) is 0.581. The van der Waals surface area contributed by atoms with Gasteiger partial charge in [0.25, 0.3) is 0 Å². The van der Waals surface area contributed by atoms with E-state index in [9.17, 15) is 8.42 Å². The van der Waals surface area contributed by atoms with Gasteiger partial charge in [-0.15, -0.1) is 0 Å². The molecule has 7 nitrogen and oxygen atoms in total. The predicted molar refractivity (Wildman–Crippen MR) is 100 cm³/mol. The lowest BCUT2D eigenvalue weighted by atomic mass is 10.1. The molecule has 0 saturated heterocycles. The number of fused-ring (bicyclic) bond motifs is 3. The minimum atomic E-state index is -3.31. The molecule has 3 aromatic heterocycles. The fourth-order valence-corrected chi connectivity index (χ4v) is 3.40. The molecule has 0 bridgehead atoms. The van der Waals surface area contributed by atoms with Crippen molar-refractivity contribution in [3.63, 3.8) is 0 Å². The summed E-state index contributed by atoms with van der Waals surface area (Å²) in [5, 5.41) is 10.8. The number of nitriles is 1. The van der Waals surface area contributed by atoms with Gasteiger partial charge in [0, 0.05) is 28.2 Å². The molecule has 0 atom stereocenters. The van der Waals surface area contributed by atoms with E-state index >= 15 is 0 Å². The summed E-state index contributed by atoms with van der Waals surface area (Å²) in [5.41, 5.74) is 4.18. The van der Waals surface area contributed by atoms with Gasteiger partial charge in [0.15, 0.2) is 0 Å². The van der Waals surface area contributed by atoms with Gasteiger partial charge in [0.2, 0.25) is 10.0 Å². The molecule has 0 saturated carbocycles. The van der Waals surface area contributed by atoms with Gasteiger partial charge < -0.3 is 4.98 Å². The highest BCUT2D eigenvalue weighted by atomic mass is 32.2. The standard InChI is InChI=1S/C18H13N5O2S/c1-26(24,25)23-13-4-2-11(3-5-13)12-6-16-15-7-14(8-19)20-10-17(15)22-18(16)21-9-12/h2-7,9-10,23H,1H3,(H,21,22). The lowest BCUT2D eigenvalue weighted by Crippen LogP contribution is -2.09. The number of rotatable bonds is 3. The Balaban J connectivity index is 1.79. The van der Waals surface area contributed by atoms with Crippen LogP contribution in [0, 0.1) is 11.3 Å². The minimum absolute atomic E-state index is 0.347. The first-order valence-corrected chi connectivity index (χ1v) is 9.58. The van der Waals surface area contributed by atoms with Crippen LogP contribution in [-0.2, 0) is 10.0 Å². The van der Waals surface area contributed by atoms with Crippen molar-refractivity contribution in [2.45, 2.75) is 0 Å². The van der Waals surface area contributed by atoms with Crippen LogP contribution in [0.4, 0.5) is 5.69 Å². The molecule has 26 heavy (non-hydrogen) atoms. The molecule has 0 aliphatic rings. The van der Waals surface area contributed by atoms with Gasteiger partial charge >= 0.3 is 0 Å². The highest BCUT2D eigenvalue weighted by molar-refractivity contribution is 7.92. The van der Waals surface area contributed by atoms with Crippen LogP contribution in [0.15, 0.2) is 48.8 Å². The lowest BCUT2D eigenvalue weighted by Gasteiger charge is -2.06. The Labute approximate surface area is 149 Å². The van der Waals surface area contributed by atoms with Crippen molar-refractivity contribution in [1.29, 1.82) is 5.26 Å². The van der Waals surface area contributed by atoms with Crippen molar-refractivity contribution in [3.05, 3.63) is 54.5 Å². The first-order chi connectivity index (χ1) is 12.4. The average Bonchev–Trinajstić information content (AvgIpc) is 2.98. The average molecular weight is 363 g/mol. The largest absolute Gasteiger partial charge is 0.338 e. The monoisotopic (exact) mass is 363 g/mol. The molecule has 0 radical (unpaired) electrons. The van der Waals surface area contributed by atoms with Crippen LogP contribution in [-0.4, -0.2) is 29.6 Å². The van der Waals surface area contributed by atoms with Crippen molar-refractivity contribution in [2.24, 2.45) is 0 Å². The van der Waals surface area contributed by atoms with Crippen LogP contribution in [0.3, 0.4) is 0 Å². The SMILES string of the molecule is CS(=O)(=O)Nc1ccc(-c2cnc3[nH]c4cnc(C#N)cc4c3c2)cc1. The maximum Gasteiger partial charge on any atom is 0.229 e. The van der Waals surface area contributed by atoms with Crippen molar-refractivity contribution >= 4 is 37.6 Å². The summed E-state index contributed by atoms with van der Waals surface area (Å²) in [4.78, 5) is 11.7. The van der Waals surface area contributed by atoms with E-state index in [4.69, 9.17) is 5.26 Å². The van der Waals surface area contributed by atoms with E-state index < -0.39 is 10.0 Å². The molecule has 0 spiro atoms. The number of anilines is 1. The number of H-pyrrole nitrogens is 1. The number of hydrogen-bond donors (Lipinski definition) is 2. The summed E-state index contributed by atoms with van der Waals surface area (Å²) >= 11 is 0. The van der Waals surface area contributed by atoms with Crippen molar-refractivity contribution < 1.29 is 8.42 Å². The zero-order valence-electron chi connectivity index (χ0n) is 13.7. The number of aromatic amines is 1. The second kappa shape index (κ2) is 5.82. The smallest absolute Gasteiger partial charge is 0.229 e. The normalized spacial score (nSPS) is 11.5. The lowest BCUT2D eigenvalue weighted by molar-refractivity contribution is 0.607. The predicted octanol–water partition coefficient (Wildman–Crippen LogP) is 3.02. The molecule has 0 aliphatic heterocycles. The summed E-state index contributed by atoms with van der Waals surface area (Å²) in [7, 11) is -3.31. The summed E-state index contributed by atoms with van der Waals surface area (Å²) in [6.07, 6.45) is 4.48.